The zero-order valence-electron chi connectivity index (χ0n) is 9.53. The van der Waals surface area contributed by atoms with Gasteiger partial charge in [0, 0.05) is 10.9 Å². The third-order valence-electron chi connectivity index (χ3n) is 2.19. The Balaban J connectivity index is 3.37. The molecule has 0 radical (unpaired) electrons. The molecule has 1 aromatic rings. The standard InChI is InChI=1S/C11H12BrNO4/c1-3-17-11(14)9-5-8(6-12)4-7(2)10(9)13(15)16/h4-5H,3,6H2,1-2H3. The monoisotopic (exact) mass is 301 g/mol. The first-order valence-corrected chi connectivity index (χ1v) is 6.14. The van der Waals surface area contributed by atoms with E-state index in [2.05, 4.69) is 15.9 Å². The lowest BCUT2D eigenvalue weighted by molar-refractivity contribution is -0.385. The summed E-state index contributed by atoms with van der Waals surface area (Å²) in [5, 5.41) is 11.5. The van der Waals surface area contributed by atoms with Crippen molar-refractivity contribution in [1.29, 1.82) is 0 Å². The van der Waals surface area contributed by atoms with Gasteiger partial charge < -0.3 is 4.74 Å². The molecule has 5 nitrogen and oxygen atoms in total. The fourth-order valence-corrected chi connectivity index (χ4v) is 1.86. The molecule has 0 aromatic heterocycles. The first-order chi connectivity index (χ1) is 8.01. The van der Waals surface area contributed by atoms with Crippen molar-refractivity contribution in [3.05, 3.63) is 38.9 Å². The molecule has 6 heteroatoms. The number of hydrogen-bond acceptors (Lipinski definition) is 4. The molecule has 0 saturated heterocycles. The van der Waals surface area contributed by atoms with Gasteiger partial charge in [-0.2, -0.15) is 0 Å². The summed E-state index contributed by atoms with van der Waals surface area (Å²) >= 11 is 3.25. The summed E-state index contributed by atoms with van der Waals surface area (Å²) in [6.45, 7) is 3.45. The van der Waals surface area contributed by atoms with Gasteiger partial charge in [-0.05, 0) is 31.5 Å². The minimum Gasteiger partial charge on any atom is -0.462 e. The molecule has 0 fully saturated rings. The average molecular weight is 302 g/mol. The highest BCUT2D eigenvalue weighted by Gasteiger charge is 2.24. The lowest BCUT2D eigenvalue weighted by Gasteiger charge is -2.07. The Morgan fingerprint density at radius 2 is 2.18 bits per heavy atom. The van der Waals surface area contributed by atoms with Gasteiger partial charge in [0.05, 0.1) is 11.5 Å². The summed E-state index contributed by atoms with van der Waals surface area (Å²) in [6, 6.07) is 3.16. The summed E-state index contributed by atoms with van der Waals surface area (Å²) in [4.78, 5) is 22.0. The fourth-order valence-electron chi connectivity index (χ4n) is 1.54. The van der Waals surface area contributed by atoms with E-state index in [1.807, 2.05) is 0 Å². The van der Waals surface area contributed by atoms with Crippen LogP contribution >= 0.6 is 15.9 Å². The lowest BCUT2D eigenvalue weighted by atomic mass is 10.0. The van der Waals surface area contributed by atoms with Crippen molar-refractivity contribution in [3.63, 3.8) is 0 Å². The highest BCUT2D eigenvalue weighted by Crippen LogP contribution is 2.26. The first-order valence-electron chi connectivity index (χ1n) is 5.02. The van der Waals surface area contributed by atoms with Crippen molar-refractivity contribution in [2.24, 2.45) is 0 Å². The fraction of sp³-hybridized carbons (Fsp3) is 0.364. The number of carbonyl (C=O) groups is 1. The number of alkyl halides is 1. The average Bonchev–Trinajstić information content (AvgIpc) is 2.27. The van der Waals surface area contributed by atoms with Gasteiger partial charge in [0.25, 0.3) is 5.69 Å². The highest BCUT2D eigenvalue weighted by atomic mass is 79.9. The maximum atomic E-state index is 11.6. The molecule has 0 heterocycles. The van der Waals surface area contributed by atoms with Crippen molar-refractivity contribution in [1.82, 2.24) is 0 Å². The van der Waals surface area contributed by atoms with E-state index in [0.717, 1.165) is 5.56 Å². The second-order valence-electron chi connectivity index (χ2n) is 3.42. The van der Waals surface area contributed by atoms with Crippen LogP contribution in [-0.4, -0.2) is 17.5 Å². The van der Waals surface area contributed by atoms with Gasteiger partial charge in [-0.25, -0.2) is 4.79 Å². The number of carbonyl (C=O) groups excluding carboxylic acids is 1. The van der Waals surface area contributed by atoms with Gasteiger partial charge in [0.15, 0.2) is 0 Å². The number of ether oxygens (including phenoxy) is 1. The third kappa shape index (κ3) is 3.03. The van der Waals surface area contributed by atoms with Gasteiger partial charge in [-0.15, -0.1) is 0 Å². The number of halogens is 1. The van der Waals surface area contributed by atoms with Crippen LogP contribution in [0.15, 0.2) is 12.1 Å². The molecule has 0 unspecified atom stereocenters. The van der Waals surface area contributed by atoms with E-state index in [-0.39, 0.29) is 17.9 Å². The number of esters is 1. The minimum atomic E-state index is -0.662. The minimum absolute atomic E-state index is 0.00583. The van der Waals surface area contributed by atoms with Gasteiger partial charge in [0.2, 0.25) is 0 Å². The Morgan fingerprint density at radius 1 is 1.53 bits per heavy atom. The molecule has 0 atom stereocenters. The van der Waals surface area contributed by atoms with Crippen LogP contribution in [0, 0.1) is 17.0 Å². The lowest BCUT2D eigenvalue weighted by Crippen LogP contribution is -2.09. The molecule has 0 aliphatic carbocycles. The summed E-state index contributed by atoms with van der Waals surface area (Å²) in [5.41, 5.74) is 1.07. The molecule has 1 aromatic carbocycles. The van der Waals surface area contributed by atoms with Crippen molar-refractivity contribution in [2.75, 3.05) is 6.61 Å². The zero-order chi connectivity index (χ0) is 13.0. The van der Waals surface area contributed by atoms with Crippen molar-refractivity contribution < 1.29 is 14.5 Å². The van der Waals surface area contributed by atoms with Gasteiger partial charge in [0.1, 0.15) is 5.56 Å². The maximum absolute atomic E-state index is 11.6. The number of nitro groups is 1. The van der Waals surface area contributed by atoms with Crippen LogP contribution < -0.4 is 0 Å². The van der Waals surface area contributed by atoms with Crippen LogP contribution in [0.2, 0.25) is 0 Å². The van der Waals surface area contributed by atoms with E-state index >= 15 is 0 Å². The van der Waals surface area contributed by atoms with Crippen LogP contribution in [0.4, 0.5) is 5.69 Å². The summed E-state index contributed by atoms with van der Waals surface area (Å²) < 4.78 is 4.81. The molecule has 0 bridgehead atoms. The molecule has 92 valence electrons. The second kappa shape index (κ2) is 5.77. The Labute approximate surface area is 107 Å². The molecule has 17 heavy (non-hydrogen) atoms. The van der Waals surface area contributed by atoms with E-state index in [4.69, 9.17) is 4.74 Å². The van der Waals surface area contributed by atoms with Crippen LogP contribution in [-0.2, 0) is 10.1 Å². The third-order valence-corrected chi connectivity index (χ3v) is 2.84. The highest BCUT2D eigenvalue weighted by molar-refractivity contribution is 9.08. The molecule has 0 saturated carbocycles. The van der Waals surface area contributed by atoms with Crippen molar-refractivity contribution in [2.45, 2.75) is 19.2 Å². The van der Waals surface area contributed by atoms with Crippen LogP contribution in [0.25, 0.3) is 0 Å². The Kier molecular flexibility index (Phi) is 4.62. The SMILES string of the molecule is CCOC(=O)c1cc(CBr)cc(C)c1[N+](=O)[O-]. The number of nitro benzene ring substituents is 1. The Morgan fingerprint density at radius 3 is 2.65 bits per heavy atom. The molecular weight excluding hydrogens is 290 g/mol. The number of aryl methyl sites for hydroxylation is 1. The summed E-state index contributed by atoms with van der Waals surface area (Å²) in [7, 11) is 0. The number of benzene rings is 1. The van der Waals surface area contributed by atoms with E-state index in [9.17, 15) is 14.9 Å². The predicted molar refractivity (Wildman–Crippen MR) is 66.4 cm³/mol. The largest absolute Gasteiger partial charge is 0.462 e. The Bertz CT molecular complexity index is 459. The van der Waals surface area contributed by atoms with E-state index in [1.165, 1.54) is 6.07 Å². The van der Waals surface area contributed by atoms with E-state index in [1.54, 1.807) is 19.9 Å². The molecule has 1 rings (SSSR count). The van der Waals surface area contributed by atoms with Crippen LogP contribution in [0.3, 0.4) is 0 Å². The molecule has 0 N–H and O–H groups in total. The quantitative estimate of drug-likeness (QED) is 0.371. The topological polar surface area (TPSA) is 69.4 Å². The van der Waals surface area contributed by atoms with Gasteiger partial charge in [-0.1, -0.05) is 15.9 Å². The van der Waals surface area contributed by atoms with Crippen LogP contribution in [0.1, 0.15) is 28.4 Å². The van der Waals surface area contributed by atoms with Gasteiger partial charge >= 0.3 is 5.97 Å². The molecule has 0 aliphatic rings. The van der Waals surface area contributed by atoms with Gasteiger partial charge in [-0.3, -0.25) is 10.1 Å². The van der Waals surface area contributed by atoms with E-state index < -0.39 is 10.9 Å². The molecule has 0 aliphatic heterocycles. The first kappa shape index (κ1) is 13.6. The summed E-state index contributed by atoms with van der Waals surface area (Å²) in [5.74, 6) is -0.662. The molecular formula is C11H12BrNO4. The van der Waals surface area contributed by atoms with E-state index in [0.29, 0.717) is 10.9 Å². The van der Waals surface area contributed by atoms with Crippen molar-refractivity contribution >= 4 is 27.6 Å². The van der Waals surface area contributed by atoms with Crippen LogP contribution in [0.5, 0.6) is 0 Å². The smallest absolute Gasteiger partial charge is 0.345 e. The summed E-state index contributed by atoms with van der Waals surface area (Å²) in [6.07, 6.45) is 0. The zero-order valence-corrected chi connectivity index (χ0v) is 11.1. The number of nitrogens with zero attached hydrogens (tertiary/aromatic N) is 1. The Hall–Kier alpha value is -1.43. The normalized spacial score (nSPS) is 10.1. The van der Waals surface area contributed by atoms with Crippen molar-refractivity contribution in [3.8, 4) is 0 Å². The molecule has 0 spiro atoms. The molecule has 0 amide bonds. The maximum Gasteiger partial charge on any atom is 0.345 e. The second-order valence-corrected chi connectivity index (χ2v) is 3.98. The number of rotatable bonds is 4. The predicted octanol–water partition coefficient (Wildman–Crippen LogP) is 2.97. The number of hydrogen-bond donors (Lipinski definition) is 0.